The molecule has 0 spiro atoms. The number of hydrogen-bond donors (Lipinski definition) is 1. The fraction of sp³-hybridized carbons (Fsp3) is 0.250. The molecule has 26 heavy (non-hydrogen) atoms. The van der Waals surface area contributed by atoms with E-state index in [0.717, 1.165) is 29.0 Å². The summed E-state index contributed by atoms with van der Waals surface area (Å²) in [5.74, 6) is 1.13. The van der Waals surface area contributed by atoms with E-state index in [2.05, 4.69) is 21.0 Å². The van der Waals surface area contributed by atoms with Crippen molar-refractivity contribution in [3.8, 4) is 0 Å². The van der Waals surface area contributed by atoms with E-state index in [1.165, 1.54) is 12.4 Å². The van der Waals surface area contributed by atoms with Crippen molar-refractivity contribution in [3.05, 3.63) is 82.9 Å². The van der Waals surface area contributed by atoms with Crippen LogP contribution in [-0.2, 0) is 11.2 Å². The number of methoxy groups -OCH3 is 1. The van der Waals surface area contributed by atoms with Gasteiger partial charge in [0.1, 0.15) is 18.0 Å². The van der Waals surface area contributed by atoms with E-state index in [0.29, 0.717) is 17.8 Å². The fourth-order valence-corrected chi connectivity index (χ4v) is 3.46. The van der Waals surface area contributed by atoms with Crippen LogP contribution in [0.15, 0.2) is 59.7 Å². The van der Waals surface area contributed by atoms with Gasteiger partial charge in [-0.3, -0.25) is 4.99 Å². The molecule has 2 heterocycles. The molecule has 0 saturated heterocycles. The van der Waals surface area contributed by atoms with E-state index in [1.807, 2.05) is 24.3 Å². The molecule has 0 bridgehead atoms. The number of amidine groups is 1. The lowest BCUT2D eigenvalue weighted by molar-refractivity contribution is 0.272. The van der Waals surface area contributed by atoms with Crippen molar-refractivity contribution in [2.75, 3.05) is 7.11 Å². The summed E-state index contributed by atoms with van der Waals surface area (Å²) >= 11 is 0. The number of ether oxygens (including phenoxy) is 1. The minimum atomic E-state index is -0.387. The zero-order chi connectivity index (χ0) is 18.1. The van der Waals surface area contributed by atoms with Crippen LogP contribution in [-0.4, -0.2) is 22.9 Å². The standard InChI is InChI=1S/C20H19FN4O/c1-26-14-4-2-3-12(7-14)13-5-6-17(21)15(8-13)19-9-18-16(20(22)25-19)10-23-11-24-18/h2-6,8,10-12,19H,7,9H2,1H3,(H2,22,25). The van der Waals surface area contributed by atoms with Gasteiger partial charge in [0.25, 0.3) is 0 Å². The van der Waals surface area contributed by atoms with Crippen molar-refractivity contribution in [1.29, 1.82) is 0 Å². The van der Waals surface area contributed by atoms with Crippen molar-refractivity contribution in [3.63, 3.8) is 0 Å². The van der Waals surface area contributed by atoms with Crippen molar-refractivity contribution >= 4 is 5.84 Å². The number of fused-ring (bicyclic) bond motifs is 1. The summed E-state index contributed by atoms with van der Waals surface area (Å²) in [6.07, 6.45) is 10.4. The maximum Gasteiger partial charge on any atom is 0.129 e. The lowest BCUT2D eigenvalue weighted by atomic mass is 9.88. The largest absolute Gasteiger partial charge is 0.501 e. The molecule has 0 fully saturated rings. The van der Waals surface area contributed by atoms with Gasteiger partial charge in [-0.05, 0) is 17.7 Å². The Kier molecular flexibility index (Phi) is 4.24. The van der Waals surface area contributed by atoms with Crippen LogP contribution in [0.4, 0.5) is 4.39 Å². The monoisotopic (exact) mass is 350 g/mol. The lowest BCUT2D eigenvalue weighted by Gasteiger charge is -2.23. The first-order chi connectivity index (χ1) is 12.7. The number of aromatic nitrogens is 2. The van der Waals surface area contributed by atoms with Gasteiger partial charge in [0.15, 0.2) is 0 Å². The lowest BCUT2D eigenvalue weighted by Crippen LogP contribution is -2.24. The van der Waals surface area contributed by atoms with Crippen LogP contribution >= 0.6 is 0 Å². The van der Waals surface area contributed by atoms with Crippen molar-refractivity contribution in [2.45, 2.75) is 24.8 Å². The highest BCUT2D eigenvalue weighted by Crippen LogP contribution is 2.34. The number of benzene rings is 1. The second kappa shape index (κ2) is 6.71. The summed E-state index contributed by atoms with van der Waals surface area (Å²) < 4.78 is 19.9. The fourth-order valence-electron chi connectivity index (χ4n) is 3.46. The molecule has 6 heteroatoms. The topological polar surface area (TPSA) is 73.4 Å². The Morgan fingerprint density at radius 1 is 1.27 bits per heavy atom. The highest BCUT2D eigenvalue weighted by molar-refractivity contribution is 5.99. The molecule has 1 aliphatic carbocycles. The normalized spacial score (nSPS) is 21.6. The SMILES string of the molecule is COC1=CC=CC(c2ccc(F)c(C3Cc4ncncc4C(N)=N3)c2)C1. The van der Waals surface area contributed by atoms with Gasteiger partial charge >= 0.3 is 0 Å². The zero-order valence-electron chi connectivity index (χ0n) is 14.4. The summed E-state index contributed by atoms with van der Waals surface area (Å²) in [5, 5.41) is 0. The Labute approximate surface area is 151 Å². The zero-order valence-corrected chi connectivity index (χ0v) is 14.4. The van der Waals surface area contributed by atoms with Crippen molar-refractivity contribution in [2.24, 2.45) is 10.7 Å². The third-order valence-corrected chi connectivity index (χ3v) is 4.87. The van der Waals surface area contributed by atoms with Gasteiger partial charge in [0.2, 0.25) is 0 Å². The second-order valence-electron chi connectivity index (χ2n) is 6.43. The van der Waals surface area contributed by atoms with E-state index in [9.17, 15) is 4.39 Å². The van der Waals surface area contributed by atoms with E-state index in [4.69, 9.17) is 10.5 Å². The molecule has 1 aliphatic heterocycles. The molecule has 2 unspecified atom stereocenters. The number of aliphatic imine (C=N–C) groups is 1. The van der Waals surface area contributed by atoms with Crippen LogP contribution in [0.25, 0.3) is 0 Å². The van der Waals surface area contributed by atoms with E-state index in [1.54, 1.807) is 13.3 Å². The number of halogens is 1. The Balaban J connectivity index is 1.67. The highest BCUT2D eigenvalue weighted by Gasteiger charge is 2.25. The predicted molar refractivity (Wildman–Crippen MR) is 97.2 cm³/mol. The summed E-state index contributed by atoms with van der Waals surface area (Å²) in [4.78, 5) is 12.8. The first-order valence-corrected chi connectivity index (χ1v) is 8.49. The second-order valence-corrected chi connectivity index (χ2v) is 6.43. The third kappa shape index (κ3) is 2.98. The molecular weight excluding hydrogens is 331 g/mol. The summed E-state index contributed by atoms with van der Waals surface area (Å²) in [7, 11) is 1.66. The molecule has 2 aromatic rings. The minimum absolute atomic E-state index is 0.147. The molecule has 1 aromatic carbocycles. The summed E-state index contributed by atoms with van der Waals surface area (Å²) in [6.45, 7) is 0. The van der Waals surface area contributed by atoms with Crippen LogP contribution < -0.4 is 5.73 Å². The van der Waals surface area contributed by atoms with Crippen molar-refractivity contribution < 1.29 is 9.13 Å². The van der Waals surface area contributed by atoms with Crippen LogP contribution in [0.5, 0.6) is 0 Å². The van der Waals surface area contributed by atoms with Crippen LogP contribution in [0.3, 0.4) is 0 Å². The predicted octanol–water partition coefficient (Wildman–Crippen LogP) is 3.19. The maximum absolute atomic E-state index is 14.6. The molecule has 5 nitrogen and oxygen atoms in total. The molecule has 0 amide bonds. The van der Waals surface area contributed by atoms with Gasteiger partial charge in [0, 0.05) is 30.5 Å². The number of nitrogens with zero attached hydrogens (tertiary/aromatic N) is 3. The highest BCUT2D eigenvalue weighted by atomic mass is 19.1. The van der Waals surface area contributed by atoms with E-state index >= 15 is 0 Å². The molecule has 0 radical (unpaired) electrons. The van der Waals surface area contributed by atoms with Crippen LogP contribution in [0, 0.1) is 5.82 Å². The van der Waals surface area contributed by atoms with E-state index in [-0.39, 0.29) is 17.8 Å². The molecule has 0 saturated carbocycles. The Morgan fingerprint density at radius 2 is 2.15 bits per heavy atom. The van der Waals surface area contributed by atoms with Crippen LogP contribution in [0.2, 0.25) is 0 Å². The molecule has 132 valence electrons. The van der Waals surface area contributed by atoms with Crippen molar-refractivity contribution in [1.82, 2.24) is 9.97 Å². The van der Waals surface area contributed by atoms with Gasteiger partial charge in [-0.25, -0.2) is 14.4 Å². The average Bonchev–Trinajstić information content (AvgIpc) is 2.68. The van der Waals surface area contributed by atoms with Gasteiger partial charge in [-0.1, -0.05) is 24.3 Å². The quantitative estimate of drug-likeness (QED) is 0.923. The van der Waals surface area contributed by atoms with Gasteiger partial charge in [-0.2, -0.15) is 0 Å². The van der Waals surface area contributed by atoms with Gasteiger partial charge in [-0.15, -0.1) is 0 Å². The first kappa shape index (κ1) is 16.4. The Morgan fingerprint density at radius 3 is 3.00 bits per heavy atom. The molecule has 2 N–H and O–H groups in total. The molecule has 2 atom stereocenters. The molecular formula is C20H19FN4O. The smallest absolute Gasteiger partial charge is 0.129 e. The number of nitrogens with two attached hydrogens (primary N) is 1. The van der Waals surface area contributed by atoms with E-state index < -0.39 is 0 Å². The minimum Gasteiger partial charge on any atom is -0.501 e. The molecule has 4 rings (SSSR count). The summed E-state index contributed by atoms with van der Waals surface area (Å²) in [6, 6.07) is 4.82. The number of rotatable bonds is 3. The maximum atomic E-state index is 14.6. The van der Waals surface area contributed by atoms with Gasteiger partial charge in [0.05, 0.1) is 30.2 Å². The molecule has 2 aliphatic rings. The summed E-state index contributed by atoms with van der Waals surface area (Å²) in [5.41, 5.74) is 9.15. The molecule has 1 aromatic heterocycles. The Hall–Kier alpha value is -3.02. The third-order valence-electron chi connectivity index (χ3n) is 4.87. The van der Waals surface area contributed by atoms with Crippen LogP contribution in [0.1, 0.15) is 40.8 Å². The Bertz CT molecular complexity index is 935. The first-order valence-electron chi connectivity index (χ1n) is 8.49. The number of allylic oxidation sites excluding steroid dienone is 4. The van der Waals surface area contributed by atoms with Gasteiger partial charge < -0.3 is 10.5 Å². The number of hydrogen-bond acceptors (Lipinski definition) is 5. The average molecular weight is 350 g/mol.